The van der Waals surface area contributed by atoms with Crippen LogP contribution in [0.5, 0.6) is 0 Å². The predicted octanol–water partition coefficient (Wildman–Crippen LogP) is -5.02. The van der Waals surface area contributed by atoms with Gasteiger partial charge in [-0.25, -0.2) is 4.79 Å². The molecular weight excluding hydrogens is 486 g/mol. The maximum absolute atomic E-state index is 12.8. The van der Waals surface area contributed by atoms with Crippen LogP contribution in [0.15, 0.2) is 4.99 Å². The first kappa shape index (κ1) is 31.4. The highest BCUT2D eigenvalue weighted by atomic mass is 32.1. The SMILES string of the molecule is NC(=O)CCC(NC(=O)C(N)CS)C(=O)NC(CC(N)=O)C(=O)NC(CCCN=C(N)N)C(=O)O. The van der Waals surface area contributed by atoms with Gasteiger partial charge in [-0.3, -0.25) is 29.0 Å². The van der Waals surface area contributed by atoms with Crippen molar-refractivity contribution in [1.29, 1.82) is 0 Å². The van der Waals surface area contributed by atoms with E-state index in [2.05, 4.69) is 33.6 Å². The maximum atomic E-state index is 12.8. The molecule has 0 heterocycles. The number of aliphatic carboxylic acids is 1. The lowest BCUT2D eigenvalue weighted by molar-refractivity contribution is -0.142. The fourth-order valence-corrected chi connectivity index (χ4v) is 2.80. The van der Waals surface area contributed by atoms with Crippen molar-refractivity contribution in [2.24, 2.45) is 33.7 Å². The van der Waals surface area contributed by atoms with Gasteiger partial charge in [0.05, 0.1) is 12.5 Å². The highest BCUT2D eigenvalue weighted by Crippen LogP contribution is 2.04. The Hall–Kier alpha value is -3.60. The summed E-state index contributed by atoms with van der Waals surface area (Å²) < 4.78 is 0. The summed E-state index contributed by atoms with van der Waals surface area (Å²) in [5.41, 5.74) is 26.2. The Morgan fingerprint density at radius 1 is 0.800 bits per heavy atom. The van der Waals surface area contributed by atoms with E-state index in [4.69, 9.17) is 28.7 Å². The van der Waals surface area contributed by atoms with E-state index in [1.54, 1.807) is 0 Å². The smallest absolute Gasteiger partial charge is 0.326 e. The van der Waals surface area contributed by atoms with Gasteiger partial charge in [0, 0.05) is 18.7 Å². The second kappa shape index (κ2) is 16.1. The molecule has 0 rings (SSSR count). The van der Waals surface area contributed by atoms with Gasteiger partial charge in [0.1, 0.15) is 18.1 Å². The number of hydrogen-bond donors (Lipinski definition) is 10. The second-order valence-corrected chi connectivity index (χ2v) is 7.80. The van der Waals surface area contributed by atoms with Crippen molar-refractivity contribution in [3.8, 4) is 0 Å². The van der Waals surface area contributed by atoms with Gasteiger partial charge in [-0.05, 0) is 19.3 Å². The summed E-state index contributed by atoms with van der Waals surface area (Å²) in [6, 6.07) is -5.38. The first-order valence-electron chi connectivity index (χ1n) is 10.4. The molecule has 0 aromatic rings. The Morgan fingerprint density at radius 3 is 1.83 bits per heavy atom. The van der Waals surface area contributed by atoms with Crippen LogP contribution in [-0.4, -0.2) is 83.0 Å². The molecule has 5 amide bonds. The molecule has 0 aromatic heterocycles. The Bertz CT molecular complexity index is 820. The fraction of sp³-hybridized carbons (Fsp3) is 0.611. The molecule has 14 N–H and O–H groups in total. The number of thiol groups is 1. The van der Waals surface area contributed by atoms with Crippen molar-refractivity contribution in [2.75, 3.05) is 12.3 Å². The summed E-state index contributed by atoms with van der Waals surface area (Å²) in [5.74, 6) is -6.05. The molecule has 17 heteroatoms. The number of carbonyl (C=O) groups is 6. The van der Waals surface area contributed by atoms with E-state index in [9.17, 15) is 33.9 Å². The van der Waals surface area contributed by atoms with Gasteiger partial charge in [0.25, 0.3) is 0 Å². The number of carbonyl (C=O) groups excluding carboxylic acids is 5. The van der Waals surface area contributed by atoms with Crippen molar-refractivity contribution < 1.29 is 33.9 Å². The van der Waals surface area contributed by atoms with Crippen LogP contribution in [-0.2, 0) is 28.8 Å². The Balaban J connectivity index is 5.49. The van der Waals surface area contributed by atoms with Crippen LogP contribution in [0.4, 0.5) is 0 Å². The van der Waals surface area contributed by atoms with E-state index in [1.165, 1.54) is 0 Å². The van der Waals surface area contributed by atoms with Crippen LogP contribution in [0.25, 0.3) is 0 Å². The van der Waals surface area contributed by atoms with Gasteiger partial charge in [0.2, 0.25) is 29.5 Å². The predicted molar refractivity (Wildman–Crippen MR) is 127 cm³/mol. The second-order valence-electron chi connectivity index (χ2n) is 7.44. The summed E-state index contributed by atoms with van der Waals surface area (Å²) >= 11 is 3.89. The number of carboxylic acids is 1. The van der Waals surface area contributed by atoms with E-state index in [1.807, 2.05) is 0 Å². The number of primary amides is 2. The van der Waals surface area contributed by atoms with Crippen LogP contribution in [0.3, 0.4) is 0 Å². The molecule has 0 fully saturated rings. The van der Waals surface area contributed by atoms with Crippen molar-refractivity contribution in [1.82, 2.24) is 16.0 Å². The molecule has 198 valence electrons. The summed E-state index contributed by atoms with van der Waals surface area (Å²) in [4.78, 5) is 75.4. The number of rotatable bonds is 17. The molecular formula is C18H33N9O7S. The normalized spacial score (nSPS) is 13.9. The topological polar surface area (TPSA) is 301 Å². The zero-order valence-corrected chi connectivity index (χ0v) is 19.8. The number of nitrogens with one attached hydrogen (secondary N) is 3. The standard InChI is InChI=1S/C18H33N9O7S/c19-8(7-35)14(30)25-9(3-4-12(20)28)15(31)27-11(6-13(21)29)16(32)26-10(17(33)34)2-1-5-24-18(22)23/h8-11,35H,1-7,19H2,(H2,20,28)(H2,21,29)(H,25,30)(H,26,32)(H,27,31)(H,33,34)(H4,22,23,24). The van der Waals surface area contributed by atoms with Crippen LogP contribution < -0.4 is 44.6 Å². The maximum Gasteiger partial charge on any atom is 0.326 e. The molecule has 35 heavy (non-hydrogen) atoms. The van der Waals surface area contributed by atoms with E-state index >= 15 is 0 Å². The van der Waals surface area contributed by atoms with Crippen LogP contribution in [0.2, 0.25) is 0 Å². The highest BCUT2D eigenvalue weighted by molar-refractivity contribution is 7.80. The van der Waals surface area contributed by atoms with Gasteiger partial charge in [-0.15, -0.1) is 0 Å². The molecule has 4 atom stereocenters. The van der Waals surface area contributed by atoms with Gasteiger partial charge in [-0.1, -0.05) is 0 Å². The number of nitrogens with zero attached hydrogens (tertiary/aromatic N) is 1. The lowest BCUT2D eigenvalue weighted by atomic mass is 10.1. The van der Waals surface area contributed by atoms with Crippen molar-refractivity contribution >= 4 is 54.1 Å². The fourth-order valence-electron chi connectivity index (χ4n) is 2.63. The minimum Gasteiger partial charge on any atom is -0.480 e. The lowest BCUT2D eigenvalue weighted by Crippen LogP contribution is -2.58. The number of hydrogen-bond acceptors (Lipinski definition) is 9. The van der Waals surface area contributed by atoms with Crippen LogP contribution >= 0.6 is 12.6 Å². The van der Waals surface area contributed by atoms with Crippen molar-refractivity contribution in [3.05, 3.63) is 0 Å². The summed E-state index contributed by atoms with van der Waals surface area (Å²) in [7, 11) is 0. The zero-order valence-electron chi connectivity index (χ0n) is 18.9. The van der Waals surface area contributed by atoms with E-state index in [0.29, 0.717) is 0 Å². The van der Waals surface area contributed by atoms with Crippen LogP contribution in [0, 0.1) is 0 Å². The summed E-state index contributed by atoms with van der Waals surface area (Å²) in [5, 5.41) is 16.1. The minimum atomic E-state index is -1.58. The third-order valence-corrected chi connectivity index (χ3v) is 4.84. The quantitative estimate of drug-likeness (QED) is 0.0377. The third-order valence-electron chi connectivity index (χ3n) is 4.44. The number of amides is 5. The Kier molecular flexibility index (Phi) is 14.4. The molecule has 0 aliphatic carbocycles. The molecule has 16 nitrogen and oxygen atoms in total. The highest BCUT2D eigenvalue weighted by Gasteiger charge is 2.31. The van der Waals surface area contributed by atoms with Crippen LogP contribution in [0.1, 0.15) is 32.1 Å². The number of aliphatic imine (C=N–C) groups is 1. The molecule has 0 aliphatic heterocycles. The number of guanidine groups is 1. The minimum absolute atomic E-state index is 0.0392. The van der Waals surface area contributed by atoms with Gasteiger partial charge in [-0.2, -0.15) is 12.6 Å². The molecule has 0 saturated heterocycles. The molecule has 0 bridgehead atoms. The molecule has 0 radical (unpaired) electrons. The molecule has 4 unspecified atom stereocenters. The van der Waals surface area contributed by atoms with Crippen molar-refractivity contribution in [3.63, 3.8) is 0 Å². The first-order valence-corrected chi connectivity index (χ1v) is 11.0. The third kappa shape index (κ3) is 13.6. The number of carboxylic acid groups (broad SMARTS) is 1. The van der Waals surface area contributed by atoms with E-state index < -0.39 is 66.1 Å². The summed E-state index contributed by atoms with van der Waals surface area (Å²) in [6.45, 7) is 0.110. The lowest BCUT2D eigenvalue weighted by Gasteiger charge is -2.24. The largest absolute Gasteiger partial charge is 0.480 e. The van der Waals surface area contributed by atoms with Gasteiger partial charge < -0.3 is 49.7 Å². The first-order chi connectivity index (χ1) is 16.3. The average Bonchev–Trinajstić information content (AvgIpc) is 2.76. The number of nitrogens with two attached hydrogens (primary N) is 5. The zero-order chi connectivity index (χ0) is 27.1. The molecule has 0 aliphatic rings. The van der Waals surface area contributed by atoms with Crippen molar-refractivity contribution in [2.45, 2.75) is 56.3 Å². The molecule has 0 aromatic carbocycles. The average molecular weight is 520 g/mol. The summed E-state index contributed by atoms with van der Waals surface area (Å²) in [6.07, 6.45) is -1.06. The monoisotopic (exact) mass is 519 g/mol. The Morgan fingerprint density at radius 2 is 1.34 bits per heavy atom. The van der Waals surface area contributed by atoms with Gasteiger partial charge >= 0.3 is 5.97 Å². The van der Waals surface area contributed by atoms with E-state index in [-0.39, 0.29) is 43.9 Å². The molecule has 0 spiro atoms. The van der Waals surface area contributed by atoms with E-state index in [0.717, 1.165) is 0 Å². The Labute approximate surface area is 206 Å². The van der Waals surface area contributed by atoms with Gasteiger partial charge in [0.15, 0.2) is 5.96 Å². The molecule has 0 saturated carbocycles.